The number of anilines is 1. The third-order valence-electron chi connectivity index (χ3n) is 2.58. The van der Waals surface area contributed by atoms with E-state index in [1.54, 1.807) is 0 Å². The molecule has 1 aliphatic rings. The van der Waals surface area contributed by atoms with Crippen molar-refractivity contribution in [3.05, 3.63) is 23.8 Å². The monoisotopic (exact) mass is 207 g/mol. The summed E-state index contributed by atoms with van der Waals surface area (Å²) in [5.74, 6) is 0.623. The van der Waals surface area contributed by atoms with E-state index in [-0.39, 0.29) is 0 Å². The minimum absolute atomic E-state index is 0.623. The second-order valence-electron chi connectivity index (χ2n) is 4.22. The molecule has 1 N–H and O–H groups in total. The van der Waals surface area contributed by atoms with E-state index >= 15 is 0 Å². The van der Waals surface area contributed by atoms with Gasteiger partial charge in [0.15, 0.2) is 0 Å². The predicted molar refractivity (Wildman–Crippen MR) is 64.3 cm³/mol. The van der Waals surface area contributed by atoms with Crippen LogP contribution in [0.15, 0.2) is 23.1 Å². The zero-order chi connectivity index (χ0) is 10.1. The minimum atomic E-state index is 0.623. The van der Waals surface area contributed by atoms with Crippen molar-refractivity contribution < 1.29 is 0 Å². The molecular formula is C12H17NS. The van der Waals surface area contributed by atoms with Crippen molar-refractivity contribution >= 4 is 17.4 Å². The molecule has 1 aromatic rings. The first kappa shape index (κ1) is 9.91. The summed E-state index contributed by atoms with van der Waals surface area (Å²) in [6, 6.07) is 6.77. The lowest BCUT2D eigenvalue weighted by atomic mass is 10.0. The van der Waals surface area contributed by atoms with Gasteiger partial charge in [-0.3, -0.25) is 0 Å². The highest BCUT2D eigenvalue weighted by atomic mass is 32.2. The maximum Gasteiger partial charge on any atom is 0.0479 e. The first-order valence-corrected chi connectivity index (χ1v) is 6.09. The summed E-state index contributed by atoms with van der Waals surface area (Å²) >= 11 is 1.98. The Kier molecular flexibility index (Phi) is 2.73. The molecule has 0 saturated heterocycles. The van der Waals surface area contributed by atoms with E-state index in [0.29, 0.717) is 11.2 Å². The summed E-state index contributed by atoms with van der Waals surface area (Å²) in [5, 5.41) is 4.14. The highest BCUT2D eigenvalue weighted by molar-refractivity contribution is 8.00. The van der Waals surface area contributed by atoms with Crippen molar-refractivity contribution in [2.45, 2.75) is 36.8 Å². The van der Waals surface area contributed by atoms with Crippen LogP contribution in [0.1, 0.15) is 32.3 Å². The van der Waals surface area contributed by atoms with Crippen LogP contribution in [0.25, 0.3) is 0 Å². The van der Waals surface area contributed by atoms with Gasteiger partial charge in [-0.05, 0) is 23.6 Å². The van der Waals surface area contributed by atoms with Crippen LogP contribution in [0.4, 0.5) is 5.69 Å². The fourth-order valence-corrected chi connectivity index (χ4v) is 2.73. The molecule has 1 heterocycles. The standard InChI is InChI=1S/C12H17NS/c1-8(2)10-4-5-11-12(6-10)14-9(3)7-13-11/h4-6,8-9,13H,7H2,1-3H3. The van der Waals surface area contributed by atoms with Crippen LogP contribution in [0.2, 0.25) is 0 Å². The van der Waals surface area contributed by atoms with Gasteiger partial charge in [0.2, 0.25) is 0 Å². The lowest BCUT2D eigenvalue weighted by Gasteiger charge is -2.23. The van der Waals surface area contributed by atoms with Crippen LogP contribution >= 0.6 is 11.8 Å². The Bertz CT molecular complexity index is 333. The van der Waals surface area contributed by atoms with E-state index in [1.807, 2.05) is 11.8 Å². The van der Waals surface area contributed by atoms with Crippen LogP contribution in [-0.4, -0.2) is 11.8 Å². The summed E-state index contributed by atoms with van der Waals surface area (Å²) in [7, 11) is 0. The normalized spacial score (nSPS) is 20.4. The largest absolute Gasteiger partial charge is 0.383 e. The summed E-state index contributed by atoms with van der Waals surface area (Å²) in [4.78, 5) is 1.41. The number of benzene rings is 1. The lowest BCUT2D eigenvalue weighted by molar-refractivity contribution is 0.860. The number of rotatable bonds is 1. The molecule has 14 heavy (non-hydrogen) atoms. The Hall–Kier alpha value is -0.630. The SMILES string of the molecule is CC1CNc2ccc(C(C)C)cc2S1. The highest BCUT2D eigenvalue weighted by Crippen LogP contribution is 2.36. The summed E-state index contributed by atoms with van der Waals surface area (Å²) in [6.07, 6.45) is 0. The Balaban J connectivity index is 2.33. The van der Waals surface area contributed by atoms with Gasteiger partial charge in [0.05, 0.1) is 0 Å². The Morgan fingerprint density at radius 3 is 2.93 bits per heavy atom. The lowest BCUT2D eigenvalue weighted by Crippen LogP contribution is -2.18. The Morgan fingerprint density at radius 2 is 2.21 bits per heavy atom. The number of hydrogen-bond acceptors (Lipinski definition) is 2. The molecule has 0 spiro atoms. The maximum atomic E-state index is 3.46. The van der Waals surface area contributed by atoms with Crippen LogP contribution in [0, 0.1) is 0 Å². The molecule has 1 aromatic carbocycles. The van der Waals surface area contributed by atoms with Crippen LogP contribution in [0.5, 0.6) is 0 Å². The van der Waals surface area contributed by atoms with E-state index in [1.165, 1.54) is 16.1 Å². The molecule has 2 heteroatoms. The van der Waals surface area contributed by atoms with E-state index in [2.05, 4.69) is 44.3 Å². The van der Waals surface area contributed by atoms with Gasteiger partial charge in [-0.15, -0.1) is 11.8 Å². The van der Waals surface area contributed by atoms with Crippen LogP contribution in [0.3, 0.4) is 0 Å². The molecule has 0 fully saturated rings. The molecule has 1 aliphatic heterocycles. The van der Waals surface area contributed by atoms with E-state index in [9.17, 15) is 0 Å². The molecule has 1 atom stereocenters. The van der Waals surface area contributed by atoms with Gasteiger partial charge in [0.25, 0.3) is 0 Å². The molecule has 0 saturated carbocycles. The fourth-order valence-electron chi connectivity index (χ4n) is 1.65. The zero-order valence-electron chi connectivity index (χ0n) is 9.00. The van der Waals surface area contributed by atoms with Crippen molar-refractivity contribution in [1.29, 1.82) is 0 Å². The number of nitrogens with one attached hydrogen (secondary N) is 1. The average Bonchev–Trinajstić information content (AvgIpc) is 2.16. The molecule has 0 aliphatic carbocycles. The molecular weight excluding hydrogens is 190 g/mol. The number of thioether (sulfide) groups is 1. The van der Waals surface area contributed by atoms with Crippen molar-refractivity contribution in [2.24, 2.45) is 0 Å². The molecule has 0 bridgehead atoms. The van der Waals surface area contributed by atoms with Crippen molar-refractivity contribution in [3.63, 3.8) is 0 Å². The van der Waals surface area contributed by atoms with Gasteiger partial charge in [0, 0.05) is 22.4 Å². The second kappa shape index (κ2) is 3.85. The van der Waals surface area contributed by atoms with Crippen molar-refractivity contribution in [1.82, 2.24) is 0 Å². The smallest absolute Gasteiger partial charge is 0.0479 e. The first-order chi connectivity index (χ1) is 6.66. The average molecular weight is 207 g/mol. The second-order valence-corrected chi connectivity index (χ2v) is 5.70. The van der Waals surface area contributed by atoms with Crippen LogP contribution < -0.4 is 5.32 Å². The highest BCUT2D eigenvalue weighted by Gasteiger charge is 2.15. The molecule has 0 amide bonds. The first-order valence-electron chi connectivity index (χ1n) is 5.21. The molecule has 1 unspecified atom stereocenters. The Labute approximate surface area is 90.3 Å². The topological polar surface area (TPSA) is 12.0 Å². The van der Waals surface area contributed by atoms with Crippen molar-refractivity contribution in [3.8, 4) is 0 Å². The van der Waals surface area contributed by atoms with Crippen LogP contribution in [-0.2, 0) is 0 Å². The maximum absolute atomic E-state index is 3.46. The molecule has 2 rings (SSSR count). The molecule has 76 valence electrons. The van der Waals surface area contributed by atoms with E-state index < -0.39 is 0 Å². The van der Waals surface area contributed by atoms with Gasteiger partial charge < -0.3 is 5.32 Å². The molecule has 0 radical (unpaired) electrons. The third kappa shape index (κ3) is 1.90. The predicted octanol–water partition coefficient (Wildman–Crippen LogP) is 3.72. The van der Waals surface area contributed by atoms with Gasteiger partial charge in [-0.1, -0.05) is 26.8 Å². The molecule has 1 nitrogen and oxygen atoms in total. The van der Waals surface area contributed by atoms with Gasteiger partial charge in [0.1, 0.15) is 0 Å². The summed E-state index contributed by atoms with van der Waals surface area (Å²) in [5.41, 5.74) is 2.74. The van der Waals surface area contributed by atoms with Gasteiger partial charge in [-0.2, -0.15) is 0 Å². The van der Waals surface area contributed by atoms with E-state index in [4.69, 9.17) is 0 Å². The fraction of sp³-hybridized carbons (Fsp3) is 0.500. The quantitative estimate of drug-likeness (QED) is 0.753. The van der Waals surface area contributed by atoms with Gasteiger partial charge >= 0.3 is 0 Å². The van der Waals surface area contributed by atoms with Crippen molar-refractivity contribution in [2.75, 3.05) is 11.9 Å². The zero-order valence-corrected chi connectivity index (χ0v) is 9.82. The Morgan fingerprint density at radius 1 is 1.43 bits per heavy atom. The number of fused-ring (bicyclic) bond motifs is 1. The minimum Gasteiger partial charge on any atom is -0.383 e. The summed E-state index contributed by atoms with van der Waals surface area (Å²) in [6.45, 7) is 7.83. The summed E-state index contributed by atoms with van der Waals surface area (Å²) < 4.78 is 0. The third-order valence-corrected chi connectivity index (χ3v) is 3.74. The number of hydrogen-bond donors (Lipinski definition) is 1. The van der Waals surface area contributed by atoms with E-state index in [0.717, 1.165) is 6.54 Å². The van der Waals surface area contributed by atoms with Gasteiger partial charge in [-0.25, -0.2) is 0 Å². The molecule has 0 aromatic heterocycles.